The molecule has 0 saturated heterocycles. The fourth-order valence-electron chi connectivity index (χ4n) is 1.92. The molecule has 0 bridgehead atoms. The molecule has 4 nitrogen and oxygen atoms in total. The minimum Gasteiger partial charge on any atom is -0.370 e. The van der Waals surface area contributed by atoms with Crippen molar-refractivity contribution in [1.82, 2.24) is 9.97 Å². The molecule has 1 aromatic carbocycles. The van der Waals surface area contributed by atoms with Crippen LogP contribution in [0.2, 0.25) is 0 Å². The molecule has 0 aliphatic rings. The van der Waals surface area contributed by atoms with Crippen LogP contribution in [-0.2, 0) is 6.54 Å². The van der Waals surface area contributed by atoms with Crippen LogP contribution in [0.3, 0.4) is 0 Å². The van der Waals surface area contributed by atoms with Crippen LogP contribution in [0.1, 0.15) is 30.9 Å². The van der Waals surface area contributed by atoms with E-state index in [4.69, 9.17) is 0 Å². The highest BCUT2D eigenvalue weighted by Crippen LogP contribution is 2.10. The molecule has 1 aromatic heterocycles. The number of aryl methyl sites for hydroxylation is 1. The van der Waals surface area contributed by atoms with Gasteiger partial charge in [-0.2, -0.15) is 4.98 Å². The molecule has 2 aromatic rings. The third-order valence-electron chi connectivity index (χ3n) is 3.19. The highest BCUT2D eigenvalue weighted by atomic mass is 15.1. The molecule has 0 amide bonds. The standard InChI is InChI=1S/C16H22N4/c1-3-4-10-17-15-9-11-18-16(20-15)19-12-14-8-6-5-7-13(14)2/h5-9,11H,3-4,10,12H2,1-2H3,(H2,17,18,19,20). The Morgan fingerprint density at radius 1 is 1.10 bits per heavy atom. The molecule has 20 heavy (non-hydrogen) atoms. The highest BCUT2D eigenvalue weighted by molar-refractivity contribution is 5.40. The lowest BCUT2D eigenvalue weighted by atomic mass is 10.1. The largest absolute Gasteiger partial charge is 0.370 e. The summed E-state index contributed by atoms with van der Waals surface area (Å²) in [5.41, 5.74) is 2.54. The monoisotopic (exact) mass is 270 g/mol. The summed E-state index contributed by atoms with van der Waals surface area (Å²) in [6.07, 6.45) is 4.11. The molecular weight excluding hydrogens is 248 g/mol. The molecule has 0 aliphatic heterocycles. The van der Waals surface area contributed by atoms with Crippen LogP contribution in [-0.4, -0.2) is 16.5 Å². The van der Waals surface area contributed by atoms with E-state index >= 15 is 0 Å². The second-order valence-corrected chi connectivity index (χ2v) is 4.83. The van der Waals surface area contributed by atoms with Crippen molar-refractivity contribution in [3.05, 3.63) is 47.7 Å². The summed E-state index contributed by atoms with van der Waals surface area (Å²) in [4.78, 5) is 8.71. The Morgan fingerprint density at radius 3 is 2.75 bits per heavy atom. The van der Waals surface area contributed by atoms with E-state index in [-0.39, 0.29) is 0 Å². The van der Waals surface area contributed by atoms with Gasteiger partial charge in [-0.05, 0) is 30.5 Å². The van der Waals surface area contributed by atoms with E-state index in [0.717, 1.165) is 25.3 Å². The van der Waals surface area contributed by atoms with Gasteiger partial charge in [-0.1, -0.05) is 37.6 Å². The molecule has 2 rings (SSSR count). The third-order valence-corrected chi connectivity index (χ3v) is 3.19. The van der Waals surface area contributed by atoms with Gasteiger partial charge in [0.1, 0.15) is 5.82 Å². The number of nitrogens with one attached hydrogen (secondary N) is 2. The number of nitrogens with zero attached hydrogens (tertiary/aromatic N) is 2. The molecule has 1 heterocycles. The fourth-order valence-corrected chi connectivity index (χ4v) is 1.92. The van der Waals surface area contributed by atoms with Crippen molar-refractivity contribution in [2.75, 3.05) is 17.2 Å². The van der Waals surface area contributed by atoms with Gasteiger partial charge in [0.2, 0.25) is 5.95 Å². The Morgan fingerprint density at radius 2 is 1.95 bits per heavy atom. The molecule has 0 aliphatic carbocycles. The van der Waals surface area contributed by atoms with Crippen molar-refractivity contribution in [1.29, 1.82) is 0 Å². The first-order chi connectivity index (χ1) is 9.79. The first kappa shape index (κ1) is 14.3. The number of hydrogen-bond acceptors (Lipinski definition) is 4. The van der Waals surface area contributed by atoms with Gasteiger partial charge in [-0.15, -0.1) is 0 Å². The van der Waals surface area contributed by atoms with Gasteiger partial charge in [-0.25, -0.2) is 4.98 Å². The molecular formula is C16H22N4. The Labute approximate surface area is 120 Å². The lowest BCUT2D eigenvalue weighted by Gasteiger charge is -2.09. The van der Waals surface area contributed by atoms with Crippen molar-refractivity contribution in [3.8, 4) is 0 Å². The summed E-state index contributed by atoms with van der Waals surface area (Å²) in [7, 11) is 0. The maximum atomic E-state index is 4.46. The summed E-state index contributed by atoms with van der Waals surface area (Å²) >= 11 is 0. The topological polar surface area (TPSA) is 49.8 Å². The average molecular weight is 270 g/mol. The Bertz CT molecular complexity index is 540. The van der Waals surface area contributed by atoms with Crippen molar-refractivity contribution in [2.45, 2.75) is 33.2 Å². The van der Waals surface area contributed by atoms with Gasteiger partial charge < -0.3 is 10.6 Å². The highest BCUT2D eigenvalue weighted by Gasteiger charge is 2.00. The van der Waals surface area contributed by atoms with E-state index in [1.165, 1.54) is 17.5 Å². The van der Waals surface area contributed by atoms with Crippen LogP contribution >= 0.6 is 0 Å². The molecule has 0 unspecified atom stereocenters. The lowest BCUT2D eigenvalue weighted by molar-refractivity contribution is 0.830. The quantitative estimate of drug-likeness (QED) is 0.755. The molecule has 0 atom stereocenters. The van der Waals surface area contributed by atoms with Crippen molar-refractivity contribution in [3.63, 3.8) is 0 Å². The number of hydrogen-bond donors (Lipinski definition) is 2. The number of rotatable bonds is 7. The molecule has 0 saturated carbocycles. The van der Waals surface area contributed by atoms with Crippen LogP contribution in [0.4, 0.5) is 11.8 Å². The lowest BCUT2D eigenvalue weighted by Crippen LogP contribution is -2.08. The van der Waals surface area contributed by atoms with Crippen LogP contribution < -0.4 is 10.6 Å². The zero-order chi connectivity index (χ0) is 14.2. The van der Waals surface area contributed by atoms with Gasteiger partial charge in [-0.3, -0.25) is 0 Å². The van der Waals surface area contributed by atoms with Gasteiger partial charge in [0.15, 0.2) is 0 Å². The molecule has 0 spiro atoms. The predicted molar refractivity (Wildman–Crippen MR) is 83.9 cm³/mol. The van der Waals surface area contributed by atoms with E-state index in [0.29, 0.717) is 5.95 Å². The van der Waals surface area contributed by atoms with E-state index in [1.807, 2.05) is 18.2 Å². The minimum atomic E-state index is 0.662. The van der Waals surface area contributed by atoms with Crippen molar-refractivity contribution >= 4 is 11.8 Å². The molecule has 106 valence electrons. The van der Waals surface area contributed by atoms with Crippen LogP contribution in [0.25, 0.3) is 0 Å². The Balaban J connectivity index is 1.93. The number of unbranched alkanes of at least 4 members (excludes halogenated alkanes) is 1. The first-order valence-corrected chi connectivity index (χ1v) is 7.15. The summed E-state index contributed by atoms with van der Waals surface area (Å²) in [6.45, 7) is 5.98. The maximum absolute atomic E-state index is 4.46. The second-order valence-electron chi connectivity index (χ2n) is 4.83. The molecule has 0 fully saturated rings. The van der Waals surface area contributed by atoms with Gasteiger partial charge in [0, 0.05) is 19.3 Å². The van der Waals surface area contributed by atoms with E-state index in [1.54, 1.807) is 6.20 Å². The molecule has 4 heteroatoms. The summed E-state index contributed by atoms with van der Waals surface area (Å²) in [5, 5.41) is 6.57. The van der Waals surface area contributed by atoms with Gasteiger partial charge >= 0.3 is 0 Å². The summed E-state index contributed by atoms with van der Waals surface area (Å²) in [6, 6.07) is 10.2. The smallest absolute Gasteiger partial charge is 0.224 e. The van der Waals surface area contributed by atoms with Crippen LogP contribution in [0, 0.1) is 6.92 Å². The normalized spacial score (nSPS) is 10.3. The Kier molecular flexibility index (Phi) is 5.35. The molecule has 0 radical (unpaired) electrons. The van der Waals surface area contributed by atoms with Crippen molar-refractivity contribution < 1.29 is 0 Å². The zero-order valence-electron chi connectivity index (χ0n) is 12.2. The maximum Gasteiger partial charge on any atom is 0.224 e. The average Bonchev–Trinajstić information content (AvgIpc) is 2.47. The van der Waals surface area contributed by atoms with Gasteiger partial charge in [0.05, 0.1) is 0 Å². The summed E-state index contributed by atoms with van der Waals surface area (Å²) in [5.74, 6) is 1.54. The SMILES string of the molecule is CCCCNc1ccnc(NCc2ccccc2C)n1. The Hall–Kier alpha value is -2.10. The van der Waals surface area contributed by atoms with E-state index < -0.39 is 0 Å². The number of benzene rings is 1. The first-order valence-electron chi connectivity index (χ1n) is 7.15. The predicted octanol–water partition coefficient (Wildman–Crippen LogP) is 3.61. The third kappa shape index (κ3) is 4.23. The van der Waals surface area contributed by atoms with Crippen LogP contribution in [0.15, 0.2) is 36.5 Å². The zero-order valence-corrected chi connectivity index (χ0v) is 12.2. The summed E-state index contributed by atoms with van der Waals surface area (Å²) < 4.78 is 0. The fraction of sp³-hybridized carbons (Fsp3) is 0.375. The molecule has 2 N–H and O–H groups in total. The number of anilines is 2. The van der Waals surface area contributed by atoms with Gasteiger partial charge in [0.25, 0.3) is 0 Å². The van der Waals surface area contributed by atoms with E-state index in [2.05, 4.69) is 46.6 Å². The van der Waals surface area contributed by atoms with E-state index in [9.17, 15) is 0 Å². The van der Waals surface area contributed by atoms with Crippen molar-refractivity contribution in [2.24, 2.45) is 0 Å². The second kappa shape index (κ2) is 7.48. The van der Waals surface area contributed by atoms with Crippen LogP contribution in [0.5, 0.6) is 0 Å². The number of aromatic nitrogens is 2. The minimum absolute atomic E-state index is 0.662.